The highest BCUT2D eigenvalue weighted by molar-refractivity contribution is 9.10. The van der Waals surface area contributed by atoms with Crippen LogP contribution < -0.4 is 0 Å². The topological polar surface area (TPSA) is 63.0 Å². The third kappa shape index (κ3) is 3.47. The maximum atomic E-state index is 12.9. The Morgan fingerprint density at radius 2 is 2.33 bits per heavy atom. The van der Waals surface area contributed by atoms with Crippen LogP contribution in [-0.4, -0.2) is 17.6 Å². The van der Waals surface area contributed by atoms with Gasteiger partial charge in [0.1, 0.15) is 10.7 Å². The molecular formula is C11H9BrF2N2O2. The first kappa shape index (κ1) is 14.5. The molecule has 1 rings (SSSR count). The monoisotopic (exact) mass is 318 g/mol. The fourth-order valence-corrected chi connectivity index (χ4v) is 1.87. The largest absolute Gasteiger partial charge is 0.466 e. The molecule has 0 radical (unpaired) electrons. The van der Waals surface area contributed by atoms with E-state index in [9.17, 15) is 13.6 Å². The van der Waals surface area contributed by atoms with Crippen molar-refractivity contribution in [2.75, 3.05) is 6.61 Å². The number of hydrogen-bond acceptors (Lipinski definition) is 4. The summed E-state index contributed by atoms with van der Waals surface area (Å²) < 4.78 is 30.7. The number of esters is 1. The first-order valence-electron chi connectivity index (χ1n) is 5.02. The number of pyridine rings is 1. The van der Waals surface area contributed by atoms with Crippen LogP contribution in [0.25, 0.3) is 0 Å². The van der Waals surface area contributed by atoms with Gasteiger partial charge in [0.15, 0.2) is 5.69 Å². The van der Waals surface area contributed by atoms with Gasteiger partial charge in [0.2, 0.25) is 0 Å². The standard InChI is InChI=1S/C11H9BrF2N2O2/c1-2-18-9(17)4-6-3-8(12)16-7(5-15)10(6)11(13)14/h3,11H,2,4H2,1H3. The number of nitrogens with zero attached hydrogens (tertiary/aromatic N) is 2. The van der Waals surface area contributed by atoms with E-state index in [0.29, 0.717) is 0 Å². The Bertz CT molecular complexity index is 501. The summed E-state index contributed by atoms with van der Waals surface area (Å²) >= 11 is 3.01. The first-order chi connectivity index (χ1) is 8.49. The predicted molar refractivity (Wildman–Crippen MR) is 61.9 cm³/mol. The van der Waals surface area contributed by atoms with E-state index in [1.807, 2.05) is 0 Å². The molecule has 0 atom stereocenters. The van der Waals surface area contributed by atoms with Crippen molar-refractivity contribution in [3.05, 3.63) is 27.5 Å². The summed E-state index contributed by atoms with van der Waals surface area (Å²) in [5.74, 6) is -0.624. The van der Waals surface area contributed by atoms with Crippen molar-refractivity contribution >= 4 is 21.9 Å². The number of aromatic nitrogens is 1. The summed E-state index contributed by atoms with van der Waals surface area (Å²) in [4.78, 5) is 15.0. The van der Waals surface area contributed by atoms with Gasteiger partial charge < -0.3 is 4.74 Å². The number of carbonyl (C=O) groups is 1. The highest BCUT2D eigenvalue weighted by Crippen LogP contribution is 2.28. The maximum Gasteiger partial charge on any atom is 0.310 e. The Morgan fingerprint density at radius 3 is 2.83 bits per heavy atom. The molecule has 0 spiro atoms. The first-order valence-corrected chi connectivity index (χ1v) is 5.82. The lowest BCUT2D eigenvalue weighted by molar-refractivity contribution is -0.142. The molecule has 0 saturated carbocycles. The van der Waals surface area contributed by atoms with Crippen molar-refractivity contribution < 1.29 is 18.3 Å². The number of alkyl halides is 2. The van der Waals surface area contributed by atoms with Crippen LogP contribution in [0, 0.1) is 11.3 Å². The van der Waals surface area contributed by atoms with E-state index in [0.717, 1.165) is 0 Å². The lowest BCUT2D eigenvalue weighted by atomic mass is 10.0. The van der Waals surface area contributed by atoms with E-state index in [4.69, 9.17) is 10.00 Å². The quantitative estimate of drug-likeness (QED) is 0.632. The van der Waals surface area contributed by atoms with E-state index in [-0.39, 0.29) is 23.2 Å². The van der Waals surface area contributed by atoms with E-state index in [1.165, 1.54) is 6.07 Å². The fraction of sp³-hybridized carbons (Fsp3) is 0.364. The van der Waals surface area contributed by atoms with E-state index < -0.39 is 23.7 Å². The molecule has 96 valence electrons. The Balaban J connectivity index is 3.20. The molecule has 0 saturated heterocycles. The zero-order valence-corrected chi connectivity index (χ0v) is 11.0. The lowest BCUT2D eigenvalue weighted by Crippen LogP contribution is -2.11. The van der Waals surface area contributed by atoms with Crippen molar-refractivity contribution in [1.82, 2.24) is 4.98 Å². The highest BCUT2D eigenvalue weighted by atomic mass is 79.9. The molecule has 1 heterocycles. The summed E-state index contributed by atoms with van der Waals surface area (Å²) in [5, 5.41) is 8.77. The lowest BCUT2D eigenvalue weighted by Gasteiger charge is -2.10. The summed E-state index contributed by atoms with van der Waals surface area (Å²) in [7, 11) is 0. The minimum Gasteiger partial charge on any atom is -0.466 e. The third-order valence-corrected chi connectivity index (χ3v) is 2.48. The number of hydrogen-bond donors (Lipinski definition) is 0. The molecule has 4 nitrogen and oxygen atoms in total. The normalized spacial score (nSPS) is 10.2. The van der Waals surface area contributed by atoms with Crippen LogP contribution >= 0.6 is 15.9 Å². The molecule has 0 aromatic carbocycles. The van der Waals surface area contributed by atoms with E-state index >= 15 is 0 Å². The molecule has 1 aromatic rings. The van der Waals surface area contributed by atoms with Gasteiger partial charge >= 0.3 is 5.97 Å². The van der Waals surface area contributed by atoms with Crippen LogP contribution in [0.5, 0.6) is 0 Å². The van der Waals surface area contributed by atoms with Crippen LogP contribution in [-0.2, 0) is 16.0 Å². The second kappa shape index (κ2) is 6.40. The van der Waals surface area contributed by atoms with Crippen molar-refractivity contribution in [2.45, 2.75) is 19.8 Å². The van der Waals surface area contributed by atoms with Crippen LogP contribution in [0.1, 0.15) is 30.2 Å². The Hall–Kier alpha value is -1.55. The smallest absolute Gasteiger partial charge is 0.310 e. The van der Waals surface area contributed by atoms with Crippen molar-refractivity contribution in [3.8, 4) is 6.07 Å². The second-order valence-corrected chi connectivity index (χ2v) is 4.07. The predicted octanol–water partition coefficient (Wildman–Crippen LogP) is 2.76. The molecule has 0 aliphatic heterocycles. The highest BCUT2D eigenvalue weighted by Gasteiger charge is 2.22. The maximum absolute atomic E-state index is 12.9. The zero-order chi connectivity index (χ0) is 13.7. The molecule has 0 bridgehead atoms. The van der Waals surface area contributed by atoms with E-state index in [2.05, 4.69) is 20.9 Å². The van der Waals surface area contributed by atoms with Gasteiger partial charge in [-0.05, 0) is 34.5 Å². The van der Waals surface area contributed by atoms with Gasteiger partial charge in [0, 0.05) is 0 Å². The van der Waals surface area contributed by atoms with Crippen molar-refractivity contribution in [3.63, 3.8) is 0 Å². The Kier molecular flexibility index (Phi) is 5.16. The number of ether oxygens (including phenoxy) is 1. The molecule has 0 unspecified atom stereocenters. The van der Waals surface area contributed by atoms with Gasteiger partial charge in [-0.25, -0.2) is 13.8 Å². The van der Waals surface area contributed by atoms with Gasteiger partial charge in [0.05, 0.1) is 18.6 Å². The Morgan fingerprint density at radius 1 is 1.67 bits per heavy atom. The fourth-order valence-electron chi connectivity index (χ4n) is 1.42. The number of carbonyl (C=O) groups excluding carboxylic acids is 1. The third-order valence-electron chi connectivity index (χ3n) is 2.08. The van der Waals surface area contributed by atoms with Crippen LogP contribution in [0.15, 0.2) is 10.7 Å². The van der Waals surface area contributed by atoms with Crippen molar-refractivity contribution in [2.24, 2.45) is 0 Å². The average molecular weight is 319 g/mol. The summed E-state index contributed by atoms with van der Waals surface area (Å²) in [6.07, 6.45) is -3.19. The molecule has 1 aromatic heterocycles. The Labute approximate surface area is 111 Å². The van der Waals surface area contributed by atoms with Gasteiger partial charge in [-0.15, -0.1) is 0 Å². The van der Waals surface area contributed by atoms with E-state index in [1.54, 1.807) is 13.0 Å². The molecule has 0 aliphatic rings. The van der Waals surface area contributed by atoms with Crippen molar-refractivity contribution in [1.29, 1.82) is 5.26 Å². The minimum absolute atomic E-state index is 0.0434. The van der Waals surface area contributed by atoms with Gasteiger partial charge in [0.25, 0.3) is 6.43 Å². The minimum atomic E-state index is -2.87. The molecular weight excluding hydrogens is 310 g/mol. The zero-order valence-electron chi connectivity index (χ0n) is 9.41. The summed E-state index contributed by atoms with van der Waals surface area (Å²) in [6, 6.07) is 2.88. The molecule has 18 heavy (non-hydrogen) atoms. The second-order valence-electron chi connectivity index (χ2n) is 3.26. The average Bonchev–Trinajstić information content (AvgIpc) is 2.27. The molecule has 0 amide bonds. The van der Waals surface area contributed by atoms with Gasteiger partial charge in [-0.2, -0.15) is 5.26 Å². The molecule has 0 aliphatic carbocycles. The number of rotatable bonds is 4. The van der Waals surface area contributed by atoms with Crippen LogP contribution in [0.3, 0.4) is 0 Å². The van der Waals surface area contributed by atoms with Gasteiger partial charge in [-0.3, -0.25) is 4.79 Å². The van der Waals surface area contributed by atoms with Crippen LogP contribution in [0.2, 0.25) is 0 Å². The SMILES string of the molecule is CCOC(=O)Cc1cc(Br)nc(C#N)c1C(F)F. The summed E-state index contributed by atoms with van der Waals surface area (Å²) in [6.45, 7) is 1.79. The van der Waals surface area contributed by atoms with Crippen LogP contribution in [0.4, 0.5) is 8.78 Å². The number of nitriles is 1. The summed E-state index contributed by atoms with van der Waals surface area (Å²) in [5.41, 5.74) is -0.866. The number of halogens is 3. The molecule has 0 fully saturated rings. The molecule has 0 N–H and O–H groups in total. The van der Waals surface area contributed by atoms with Gasteiger partial charge in [-0.1, -0.05) is 0 Å². The molecule has 7 heteroatoms.